The fourth-order valence-electron chi connectivity index (χ4n) is 4.13. The van der Waals surface area contributed by atoms with Crippen molar-refractivity contribution >= 4 is 5.96 Å². The molecule has 6 heteroatoms. The molecule has 2 unspecified atom stereocenters. The third-order valence-corrected chi connectivity index (χ3v) is 6.07. The number of hydrogen-bond acceptors (Lipinski definition) is 4. The van der Waals surface area contributed by atoms with Gasteiger partial charge in [0, 0.05) is 43.7 Å². The number of guanidine groups is 1. The highest BCUT2D eigenvalue weighted by atomic mass is 16.5. The molecule has 2 fully saturated rings. The summed E-state index contributed by atoms with van der Waals surface area (Å²) >= 11 is 0. The zero-order chi connectivity index (χ0) is 20.3. The zero-order valence-corrected chi connectivity index (χ0v) is 18.2. The first-order chi connectivity index (χ1) is 13.4. The summed E-state index contributed by atoms with van der Waals surface area (Å²) in [5.74, 6) is 2.39. The molecule has 0 bridgehead atoms. The van der Waals surface area contributed by atoms with Crippen molar-refractivity contribution in [3.63, 3.8) is 0 Å². The van der Waals surface area contributed by atoms with Crippen molar-refractivity contribution in [2.75, 3.05) is 34.4 Å². The lowest BCUT2D eigenvalue weighted by atomic mass is 9.84. The van der Waals surface area contributed by atoms with E-state index in [-0.39, 0.29) is 5.41 Å². The maximum absolute atomic E-state index is 5.47. The van der Waals surface area contributed by atoms with Crippen LogP contribution in [0.1, 0.15) is 45.6 Å². The first-order valence-corrected chi connectivity index (χ1v) is 10.3. The Kier molecular flexibility index (Phi) is 6.38. The highest BCUT2D eigenvalue weighted by molar-refractivity contribution is 5.80. The number of ether oxygens (including phenoxy) is 2. The van der Waals surface area contributed by atoms with Gasteiger partial charge in [-0.2, -0.15) is 0 Å². The van der Waals surface area contributed by atoms with Gasteiger partial charge in [0.15, 0.2) is 17.5 Å². The summed E-state index contributed by atoms with van der Waals surface area (Å²) in [5.41, 5.74) is 1.11. The minimum atomic E-state index is -0.0831. The monoisotopic (exact) mass is 388 g/mol. The van der Waals surface area contributed by atoms with Gasteiger partial charge in [-0.05, 0) is 43.9 Å². The molecule has 28 heavy (non-hydrogen) atoms. The number of likely N-dealkylation sites (tertiary alicyclic amines) is 1. The number of benzene rings is 1. The summed E-state index contributed by atoms with van der Waals surface area (Å²) in [6.45, 7) is 8.68. The van der Waals surface area contributed by atoms with Crippen LogP contribution in [-0.2, 0) is 5.41 Å². The summed E-state index contributed by atoms with van der Waals surface area (Å²) in [6, 6.07) is 8.07. The minimum Gasteiger partial charge on any atom is -0.493 e. The maximum atomic E-state index is 5.47. The van der Waals surface area contributed by atoms with E-state index in [9.17, 15) is 0 Å². The van der Waals surface area contributed by atoms with Gasteiger partial charge in [0.2, 0.25) is 0 Å². The Hall–Kier alpha value is -1.95. The molecule has 1 saturated heterocycles. The van der Waals surface area contributed by atoms with Crippen molar-refractivity contribution < 1.29 is 9.47 Å². The molecule has 1 aromatic carbocycles. The predicted molar refractivity (Wildman–Crippen MR) is 115 cm³/mol. The Morgan fingerprint density at radius 1 is 1.21 bits per heavy atom. The molecule has 6 nitrogen and oxygen atoms in total. The molecule has 2 aliphatic rings. The van der Waals surface area contributed by atoms with E-state index in [4.69, 9.17) is 9.47 Å². The lowest BCUT2D eigenvalue weighted by Gasteiger charge is -2.28. The van der Waals surface area contributed by atoms with E-state index < -0.39 is 0 Å². The number of nitrogens with one attached hydrogen (secondary N) is 2. The van der Waals surface area contributed by atoms with Gasteiger partial charge in [0.05, 0.1) is 14.2 Å². The molecule has 2 atom stereocenters. The first-order valence-electron chi connectivity index (χ1n) is 10.3. The first kappa shape index (κ1) is 20.8. The van der Waals surface area contributed by atoms with Crippen LogP contribution in [0.25, 0.3) is 0 Å². The fraction of sp³-hybridized carbons (Fsp3) is 0.682. The summed E-state index contributed by atoms with van der Waals surface area (Å²) in [5, 5.41) is 7.15. The van der Waals surface area contributed by atoms with Gasteiger partial charge in [0.25, 0.3) is 0 Å². The van der Waals surface area contributed by atoms with Crippen LogP contribution in [-0.4, -0.2) is 63.3 Å². The molecule has 1 saturated carbocycles. The second-order valence-corrected chi connectivity index (χ2v) is 8.73. The third-order valence-electron chi connectivity index (χ3n) is 6.07. The smallest absolute Gasteiger partial charge is 0.191 e. The van der Waals surface area contributed by atoms with E-state index >= 15 is 0 Å². The van der Waals surface area contributed by atoms with Crippen LogP contribution in [0.4, 0.5) is 0 Å². The molecular weight excluding hydrogens is 352 g/mol. The van der Waals surface area contributed by atoms with Gasteiger partial charge >= 0.3 is 0 Å². The second kappa shape index (κ2) is 8.60. The summed E-state index contributed by atoms with van der Waals surface area (Å²) in [6.07, 6.45) is 3.91. The molecule has 1 aliphatic carbocycles. The van der Waals surface area contributed by atoms with Crippen molar-refractivity contribution in [2.45, 2.75) is 63.6 Å². The topological polar surface area (TPSA) is 58.1 Å². The van der Waals surface area contributed by atoms with E-state index in [0.29, 0.717) is 12.1 Å². The molecule has 1 aliphatic heterocycles. The average molecular weight is 389 g/mol. The fourth-order valence-corrected chi connectivity index (χ4v) is 4.13. The maximum Gasteiger partial charge on any atom is 0.191 e. The Labute approximate surface area is 169 Å². The molecule has 0 spiro atoms. The van der Waals surface area contributed by atoms with Crippen LogP contribution >= 0.6 is 0 Å². The van der Waals surface area contributed by atoms with E-state index in [1.54, 1.807) is 14.2 Å². The van der Waals surface area contributed by atoms with Gasteiger partial charge in [0.1, 0.15) is 0 Å². The molecule has 156 valence electrons. The summed E-state index contributed by atoms with van der Waals surface area (Å²) in [7, 11) is 5.18. The van der Waals surface area contributed by atoms with Crippen molar-refractivity contribution in [1.29, 1.82) is 0 Å². The van der Waals surface area contributed by atoms with E-state index in [1.807, 2.05) is 13.1 Å². The lowest BCUT2D eigenvalue weighted by Crippen LogP contribution is -2.48. The van der Waals surface area contributed by atoms with Gasteiger partial charge in [-0.15, -0.1) is 0 Å². The standard InChI is InChI=1S/C22H36N4O2/c1-15-11-17(13-26(15)18-8-9-18)25-21(23-4)24-14-22(2,3)16-7-10-19(27-5)20(12-16)28-6/h7,10,12,15,17-18H,8-9,11,13-14H2,1-6H3,(H2,23,24,25). The average Bonchev–Trinajstić information content (AvgIpc) is 3.47. The molecule has 2 N–H and O–H groups in total. The quantitative estimate of drug-likeness (QED) is 0.556. The van der Waals surface area contributed by atoms with Crippen LogP contribution in [0.2, 0.25) is 0 Å². The molecule has 0 amide bonds. The number of aliphatic imine (C=N–C) groups is 1. The van der Waals surface area contributed by atoms with E-state index in [1.165, 1.54) is 24.8 Å². The Balaban J connectivity index is 1.58. The van der Waals surface area contributed by atoms with Crippen molar-refractivity contribution in [3.8, 4) is 11.5 Å². The summed E-state index contributed by atoms with van der Waals surface area (Å²) < 4.78 is 10.8. The number of nitrogens with zero attached hydrogens (tertiary/aromatic N) is 2. The molecule has 1 aromatic rings. The molecule has 0 aromatic heterocycles. The van der Waals surface area contributed by atoms with E-state index in [0.717, 1.165) is 36.6 Å². The summed E-state index contributed by atoms with van der Waals surface area (Å²) in [4.78, 5) is 7.10. The number of methoxy groups -OCH3 is 2. The van der Waals surface area contributed by atoms with Crippen LogP contribution in [0, 0.1) is 0 Å². The molecule has 1 heterocycles. The van der Waals surface area contributed by atoms with Crippen molar-refractivity contribution in [2.24, 2.45) is 4.99 Å². The highest BCUT2D eigenvalue weighted by Gasteiger charge is 2.39. The van der Waals surface area contributed by atoms with Crippen LogP contribution in [0.3, 0.4) is 0 Å². The van der Waals surface area contributed by atoms with Gasteiger partial charge < -0.3 is 20.1 Å². The second-order valence-electron chi connectivity index (χ2n) is 8.73. The molecular formula is C22H36N4O2. The highest BCUT2D eigenvalue weighted by Crippen LogP contribution is 2.34. The van der Waals surface area contributed by atoms with Crippen LogP contribution < -0.4 is 20.1 Å². The van der Waals surface area contributed by atoms with Crippen LogP contribution in [0.5, 0.6) is 11.5 Å². The number of hydrogen-bond donors (Lipinski definition) is 2. The normalized spacial score (nSPS) is 23.6. The van der Waals surface area contributed by atoms with Crippen molar-refractivity contribution in [3.05, 3.63) is 23.8 Å². The van der Waals surface area contributed by atoms with E-state index in [2.05, 4.69) is 53.4 Å². The SMILES string of the molecule is CN=C(NCC(C)(C)c1ccc(OC)c(OC)c1)NC1CC(C)N(C2CC2)C1. The predicted octanol–water partition coefficient (Wildman–Crippen LogP) is 2.77. The van der Waals surface area contributed by atoms with Crippen LogP contribution in [0.15, 0.2) is 23.2 Å². The number of rotatable bonds is 7. The Morgan fingerprint density at radius 3 is 2.54 bits per heavy atom. The zero-order valence-electron chi connectivity index (χ0n) is 18.2. The largest absolute Gasteiger partial charge is 0.493 e. The van der Waals surface area contributed by atoms with Crippen molar-refractivity contribution in [1.82, 2.24) is 15.5 Å². The lowest BCUT2D eigenvalue weighted by molar-refractivity contribution is 0.256. The third kappa shape index (κ3) is 4.72. The van der Waals surface area contributed by atoms with Gasteiger partial charge in [-0.1, -0.05) is 19.9 Å². The Bertz CT molecular complexity index is 700. The molecule has 0 radical (unpaired) electrons. The van der Waals surface area contributed by atoms with Gasteiger partial charge in [-0.3, -0.25) is 9.89 Å². The van der Waals surface area contributed by atoms with Gasteiger partial charge in [-0.25, -0.2) is 0 Å². The Morgan fingerprint density at radius 2 is 1.93 bits per heavy atom. The molecule has 3 rings (SSSR count). The minimum absolute atomic E-state index is 0.0831.